The van der Waals surface area contributed by atoms with Crippen molar-refractivity contribution < 1.29 is 14.0 Å². The molecule has 6 heteroatoms. The van der Waals surface area contributed by atoms with Crippen molar-refractivity contribution in [3.05, 3.63) is 70.2 Å². The lowest BCUT2D eigenvalue weighted by atomic mass is 9.88. The van der Waals surface area contributed by atoms with E-state index in [0.29, 0.717) is 48.2 Å². The van der Waals surface area contributed by atoms with Gasteiger partial charge in [0, 0.05) is 30.1 Å². The molecule has 0 unspecified atom stereocenters. The summed E-state index contributed by atoms with van der Waals surface area (Å²) in [5, 5.41) is 0. The predicted octanol–water partition coefficient (Wildman–Crippen LogP) is 2.86. The number of aromatic nitrogens is 1. The molecule has 1 N–H and O–H groups in total. The number of nitrogens with one attached hydrogen (secondary N) is 1. The molecule has 2 aromatic carbocycles. The van der Waals surface area contributed by atoms with Crippen molar-refractivity contribution >= 4 is 22.8 Å². The van der Waals surface area contributed by atoms with Crippen molar-refractivity contribution in [2.45, 2.75) is 12.8 Å². The van der Waals surface area contributed by atoms with E-state index in [1.54, 1.807) is 35.2 Å². The first kappa shape index (κ1) is 16.3. The van der Waals surface area contributed by atoms with Gasteiger partial charge in [-0.2, -0.15) is 0 Å². The third-order valence-electron chi connectivity index (χ3n) is 4.88. The van der Waals surface area contributed by atoms with E-state index in [9.17, 15) is 14.4 Å². The Balaban J connectivity index is 1.44. The summed E-state index contributed by atoms with van der Waals surface area (Å²) in [7, 11) is 0. The molecule has 1 aliphatic heterocycles. The lowest BCUT2D eigenvalue weighted by molar-refractivity contribution is 0.0650. The van der Waals surface area contributed by atoms with Crippen LogP contribution >= 0.6 is 0 Å². The van der Waals surface area contributed by atoms with Crippen LogP contribution in [0.3, 0.4) is 0 Å². The molecule has 132 valence electrons. The molecule has 0 aliphatic carbocycles. The maximum atomic E-state index is 12.8. The quantitative estimate of drug-likeness (QED) is 0.736. The number of amides is 1. The van der Waals surface area contributed by atoms with E-state index >= 15 is 0 Å². The molecule has 1 amide bonds. The Morgan fingerprint density at radius 2 is 1.73 bits per heavy atom. The van der Waals surface area contributed by atoms with Crippen molar-refractivity contribution in [2.75, 3.05) is 13.1 Å². The Morgan fingerprint density at radius 3 is 2.46 bits per heavy atom. The van der Waals surface area contributed by atoms with Crippen molar-refractivity contribution in [1.29, 1.82) is 0 Å². The highest BCUT2D eigenvalue weighted by Crippen LogP contribution is 2.24. The molecular formula is C20H18N2O4. The number of likely N-dealkylation sites (tertiary alicyclic amines) is 1. The zero-order chi connectivity index (χ0) is 18.1. The summed E-state index contributed by atoms with van der Waals surface area (Å²) in [5.74, 6) is -0.621. The topological polar surface area (TPSA) is 83.4 Å². The van der Waals surface area contributed by atoms with Gasteiger partial charge in [0.15, 0.2) is 11.4 Å². The normalized spacial score (nSPS) is 15.3. The molecular weight excluding hydrogens is 332 g/mol. The largest absolute Gasteiger partial charge is 0.417 e. The Labute approximate surface area is 149 Å². The number of ketones is 1. The maximum absolute atomic E-state index is 12.8. The standard InChI is InChI=1S/C20H18N2O4/c23-18(15-6-7-16-17(12-15)26-20(25)21-16)13-8-10-22(11-9-13)19(24)14-4-2-1-3-5-14/h1-7,12-13H,8-11H2,(H,21,25). The highest BCUT2D eigenvalue weighted by molar-refractivity contribution is 6.00. The van der Waals surface area contributed by atoms with Crippen molar-refractivity contribution in [1.82, 2.24) is 9.88 Å². The second kappa shape index (κ2) is 6.63. The fraction of sp³-hybridized carbons (Fsp3) is 0.250. The van der Waals surface area contributed by atoms with Crippen LogP contribution in [-0.4, -0.2) is 34.7 Å². The first-order chi connectivity index (χ1) is 12.6. The second-order valence-electron chi connectivity index (χ2n) is 6.52. The molecule has 4 rings (SSSR count). The number of fused-ring (bicyclic) bond motifs is 1. The predicted molar refractivity (Wildman–Crippen MR) is 96.2 cm³/mol. The van der Waals surface area contributed by atoms with Crippen molar-refractivity contribution in [3.8, 4) is 0 Å². The molecule has 1 aliphatic rings. The molecule has 1 aromatic heterocycles. The van der Waals surface area contributed by atoms with Crippen LogP contribution < -0.4 is 5.76 Å². The number of aromatic amines is 1. The van der Waals surface area contributed by atoms with Crippen LogP contribution in [0, 0.1) is 5.92 Å². The summed E-state index contributed by atoms with van der Waals surface area (Å²) >= 11 is 0. The molecule has 0 saturated carbocycles. The number of hydrogen-bond donors (Lipinski definition) is 1. The van der Waals surface area contributed by atoms with E-state index < -0.39 is 5.76 Å². The van der Waals surface area contributed by atoms with Gasteiger partial charge in [0.1, 0.15) is 0 Å². The van der Waals surface area contributed by atoms with Crippen molar-refractivity contribution in [3.63, 3.8) is 0 Å². The third-order valence-corrected chi connectivity index (χ3v) is 4.88. The molecule has 26 heavy (non-hydrogen) atoms. The number of piperidine rings is 1. The van der Waals surface area contributed by atoms with Crippen molar-refractivity contribution in [2.24, 2.45) is 5.92 Å². The fourth-order valence-corrected chi connectivity index (χ4v) is 3.44. The van der Waals surface area contributed by atoms with E-state index in [-0.39, 0.29) is 17.6 Å². The van der Waals surface area contributed by atoms with Gasteiger partial charge in [-0.3, -0.25) is 14.6 Å². The zero-order valence-corrected chi connectivity index (χ0v) is 14.1. The van der Waals surface area contributed by atoms with Crippen LogP contribution in [-0.2, 0) is 0 Å². The van der Waals surface area contributed by atoms with Gasteiger partial charge in [-0.25, -0.2) is 4.79 Å². The number of carbonyl (C=O) groups excluding carboxylic acids is 2. The molecule has 0 atom stereocenters. The van der Waals surface area contributed by atoms with E-state index in [4.69, 9.17) is 4.42 Å². The first-order valence-electron chi connectivity index (χ1n) is 8.63. The summed E-state index contributed by atoms with van der Waals surface area (Å²) in [5.41, 5.74) is 2.17. The number of nitrogens with zero attached hydrogens (tertiary/aromatic N) is 1. The van der Waals surface area contributed by atoms with Gasteiger partial charge in [0.25, 0.3) is 5.91 Å². The minimum absolute atomic E-state index is 0.00650. The number of oxazole rings is 1. The minimum atomic E-state index is -0.530. The average Bonchev–Trinajstić information content (AvgIpc) is 3.07. The Hall–Kier alpha value is -3.15. The molecule has 6 nitrogen and oxygen atoms in total. The molecule has 2 heterocycles. The lowest BCUT2D eigenvalue weighted by Gasteiger charge is -2.31. The van der Waals surface area contributed by atoms with E-state index in [1.807, 2.05) is 18.2 Å². The Kier molecular flexibility index (Phi) is 4.16. The second-order valence-corrected chi connectivity index (χ2v) is 6.52. The lowest BCUT2D eigenvalue weighted by Crippen LogP contribution is -2.40. The van der Waals surface area contributed by atoms with E-state index in [1.165, 1.54) is 0 Å². The van der Waals surface area contributed by atoms with Gasteiger partial charge >= 0.3 is 5.76 Å². The highest BCUT2D eigenvalue weighted by Gasteiger charge is 2.28. The summed E-state index contributed by atoms with van der Waals surface area (Å²) in [6.45, 7) is 1.12. The number of H-pyrrole nitrogens is 1. The number of hydrogen-bond acceptors (Lipinski definition) is 4. The summed E-state index contributed by atoms with van der Waals surface area (Å²) < 4.78 is 5.03. The van der Waals surface area contributed by atoms with Crippen LogP contribution in [0.25, 0.3) is 11.1 Å². The number of Topliss-reactive ketones (excluding diaryl/α,β-unsaturated/α-hetero) is 1. The van der Waals surface area contributed by atoms with E-state index in [0.717, 1.165) is 0 Å². The fourth-order valence-electron chi connectivity index (χ4n) is 3.44. The van der Waals surface area contributed by atoms with Crippen LogP contribution in [0.5, 0.6) is 0 Å². The molecule has 0 bridgehead atoms. The Morgan fingerprint density at radius 1 is 1.00 bits per heavy atom. The smallest absolute Gasteiger partial charge is 0.408 e. The number of benzene rings is 2. The average molecular weight is 350 g/mol. The molecule has 0 radical (unpaired) electrons. The zero-order valence-electron chi connectivity index (χ0n) is 14.1. The van der Waals surface area contributed by atoms with Crippen LogP contribution in [0.1, 0.15) is 33.6 Å². The summed E-state index contributed by atoms with van der Waals surface area (Å²) in [6.07, 6.45) is 1.26. The Bertz CT molecular complexity index is 1010. The molecule has 0 spiro atoms. The van der Waals surface area contributed by atoms with E-state index in [2.05, 4.69) is 4.98 Å². The van der Waals surface area contributed by atoms with Gasteiger partial charge in [0.05, 0.1) is 5.52 Å². The maximum Gasteiger partial charge on any atom is 0.417 e. The molecule has 3 aromatic rings. The van der Waals surface area contributed by atoms with Gasteiger partial charge in [0.2, 0.25) is 0 Å². The van der Waals surface area contributed by atoms with Crippen LogP contribution in [0.2, 0.25) is 0 Å². The van der Waals surface area contributed by atoms with Gasteiger partial charge in [-0.05, 0) is 43.2 Å². The monoisotopic (exact) mass is 350 g/mol. The SMILES string of the molecule is O=C(c1ccc2[nH]c(=O)oc2c1)C1CCN(C(=O)c2ccccc2)CC1. The highest BCUT2D eigenvalue weighted by atomic mass is 16.4. The minimum Gasteiger partial charge on any atom is -0.408 e. The van der Waals surface area contributed by atoms with Crippen LogP contribution in [0.4, 0.5) is 0 Å². The summed E-state index contributed by atoms with van der Waals surface area (Å²) in [6, 6.07) is 14.2. The van der Waals surface area contributed by atoms with Gasteiger partial charge < -0.3 is 9.32 Å². The molecule has 1 fully saturated rings. The van der Waals surface area contributed by atoms with Gasteiger partial charge in [-0.15, -0.1) is 0 Å². The number of rotatable bonds is 3. The third kappa shape index (κ3) is 3.06. The van der Waals surface area contributed by atoms with Gasteiger partial charge in [-0.1, -0.05) is 18.2 Å². The first-order valence-corrected chi connectivity index (χ1v) is 8.63. The summed E-state index contributed by atoms with van der Waals surface area (Å²) in [4.78, 5) is 40.9. The number of carbonyl (C=O) groups is 2. The van der Waals surface area contributed by atoms with Crippen LogP contribution in [0.15, 0.2) is 57.7 Å². The molecule has 1 saturated heterocycles.